The van der Waals surface area contributed by atoms with E-state index in [9.17, 15) is 9.50 Å². The van der Waals surface area contributed by atoms with E-state index in [0.29, 0.717) is 22.3 Å². The molecule has 0 aliphatic heterocycles. The lowest BCUT2D eigenvalue weighted by atomic mass is 10.1. The Morgan fingerprint density at radius 2 is 1.88 bits per heavy atom. The van der Waals surface area contributed by atoms with E-state index in [1.165, 1.54) is 23.9 Å². The molecule has 0 saturated heterocycles. The summed E-state index contributed by atoms with van der Waals surface area (Å²) in [6.07, 6.45) is -0.710. The molecule has 24 heavy (non-hydrogen) atoms. The molecule has 124 valence electrons. The first-order chi connectivity index (χ1) is 11.7. The van der Waals surface area contributed by atoms with Gasteiger partial charge in [0.15, 0.2) is 5.82 Å². The van der Waals surface area contributed by atoms with Crippen molar-refractivity contribution in [2.24, 2.45) is 0 Å². The van der Waals surface area contributed by atoms with E-state index >= 15 is 0 Å². The molecule has 0 spiro atoms. The number of aromatic amines is 1. The van der Waals surface area contributed by atoms with Gasteiger partial charge in [0.05, 0.1) is 13.2 Å². The number of hydrogen-bond donors (Lipinski definition) is 2. The zero-order valence-electron chi connectivity index (χ0n) is 12.9. The third-order valence-electron chi connectivity index (χ3n) is 3.45. The molecule has 1 heterocycles. The maximum atomic E-state index is 12.9. The Hall–Kier alpha value is -2.38. The molecule has 0 radical (unpaired) electrons. The van der Waals surface area contributed by atoms with Gasteiger partial charge in [0, 0.05) is 11.3 Å². The number of nitrogens with one attached hydrogen (secondary N) is 1. The van der Waals surface area contributed by atoms with Crippen LogP contribution >= 0.6 is 11.8 Å². The number of ether oxygens (including phenoxy) is 1. The van der Waals surface area contributed by atoms with E-state index in [4.69, 9.17) is 4.74 Å². The van der Waals surface area contributed by atoms with Crippen LogP contribution in [0.4, 0.5) is 4.39 Å². The summed E-state index contributed by atoms with van der Waals surface area (Å²) in [6, 6.07) is 13.3. The summed E-state index contributed by atoms with van der Waals surface area (Å²) in [5.41, 5.74) is 1.56. The maximum Gasteiger partial charge on any atom is 0.208 e. The van der Waals surface area contributed by atoms with Gasteiger partial charge in [-0.05, 0) is 42.0 Å². The van der Waals surface area contributed by atoms with E-state index < -0.39 is 6.10 Å². The first-order valence-corrected chi connectivity index (χ1v) is 8.27. The van der Waals surface area contributed by atoms with Crippen LogP contribution < -0.4 is 4.74 Å². The summed E-state index contributed by atoms with van der Waals surface area (Å²) < 4.78 is 18.0. The average Bonchev–Trinajstić information content (AvgIpc) is 3.09. The summed E-state index contributed by atoms with van der Waals surface area (Å²) in [4.78, 5) is 4.40. The van der Waals surface area contributed by atoms with E-state index in [1.807, 2.05) is 24.3 Å². The molecule has 0 fully saturated rings. The van der Waals surface area contributed by atoms with Crippen molar-refractivity contribution >= 4 is 11.8 Å². The number of halogens is 1. The Kier molecular flexibility index (Phi) is 5.12. The molecule has 1 atom stereocenters. The van der Waals surface area contributed by atoms with Crippen LogP contribution in [0.25, 0.3) is 11.4 Å². The molecule has 1 aromatic heterocycles. The number of rotatable bonds is 6. The van der Waals surface area contributed by atoms with Crippen molar-refractivity contribution in [2.45, 2.75) is 11.3 Å². The molecule has 2 N–H and O–H groups in total. The maximum absolute atomic E-state index is 12.9. The SMILES string of the molecule is COc1ccc(-c2nc(SCC(O)c3ccc(F)cc3)n[nH]2)cc1. The Morgan fingerprint density at radius 3 is 2.54 bits per heavy atom. The minimum Gasteiger partial charge on any atom is -0.497 e. The summed E-state index contributed by atoms with van der Waals surface area (Å²) in [7, 11) is 1.62. The lowest BCUT2D eigenvalue weighted by Gasteiger charge is -2.08. The summed E-state index contributed by atoms with van der Waals surface area (Å²) in [5.74, 6) is 1.48. The molecule has 0 saturated carbocycles. The van der Waals surface area contributed by atoms with Crippen LogP contribution in [0.3, 0.4) is 0 Å². The van der Waals surface area contributed by atoms with Gasteiger partial charge in [-0.2, -0.15) is 0 Å². The highest BCUT2D eigenvalue weighted by Gasteiger charge is 2.12. The van der Waals surface area contributed by atoms with Gasteiger partial charge in [0.25, 0.3) is 0 Å². The van der Waals surface area contributed by atoms with Crippen molar-refractivity contribution in [2.75, 3.05) is 12.9 Å². The Labute approximate surface area is 142 Å². The van der Waals surface area contributed by atoms with Gasteiger partial charge in [-0.1, -0.05) is 23.9 Å². The topological polar surface area (TPSA) is 71.0 Å². The number of aliphatic hydroxyl groups is 1. The molecule has 7 heteroatoms. The second-order valence-electron chi connectivity index (χ2n) is 5.07. The second-order valence-corrected chi connectivity index (χ2v) is 6.06. The van der Waals surface area contributed by atoms with Gasteiger partial charge in [0.2, 0.25) is 5.16 Å². The van der Waals surface area contributed by atoms with Crippen molar-refractivity contribution in [3.8, 4) is 17.1 Å². The zero-order chi connectivity index (χ0) is 16.9. The van der Waals surface area contributed by atoms with Crippen LogP contribution in [0.1, 0.15) is 11.7 Å². The molecule has 1 unspecified atom stereocenters. The molecule has 3 aromatic rings. The minimum atomic E-state index is -0.710. The fraction of sp³-hybridized carbons (Fsp3) is 0.176. The predicted molar refractivity (Wildman–Crippen MR) is 90.5 cm³/mol. The number of H-pyrrole nitrogens is 1. The van der Waals surface area contributed by atoms with Gasteiger partial charge >= 0.3 is 0 Å². The number of hydrogen-bond acceptors (Lipinski definition) is 5. The van der Waals surface area contributed by atoms with Gasteiger partial charge in [0.1, 0.15) is 11.6 Å². The van der Waals surface area contributed by atoms with Crippen LogP contribution in [-0.2, 0) is 0 Å². The van der Waals surface area contributed by atoms with E-state index in [2.05, 4.69) is 15.2 Å². The van der Waals surface area contributed by atoms with Crippen molar-refractivity contribution in [3.63, 3.8) is 0 Å². The monoisotopic (exact) mass is 345 g/mol. The predicted octanol–water partition coefficient (Wildman–Crippen LogP) is 3.45. The smallest absolute Gasteiger partial charge is 0.208 e. The molecule has 3 rings (SSSR count). The van der Waals surface area contributed by atoms with Crippen LogP contribution in [0.2, 0.25) is 0 Å². The number of benzene rings is 2. The van der Waals surface area contributed by atoms with Gasteiger partial charge in [-0.25, -0.2) is 9.37 Å². The van der Waals surface area contributed by atoms with Crippen molar-refractivity contribution < 1.29 is 14.2 Å². The van der Waals surface area contributed by atoms with Gasteiger partial charge < -0.3 is 9.84 Å². The highest BCUT2D eigenvalue weighted by atomic mass is 32.2. The third kappa shape index (κ3) is 3.93. The number of methoxy groups -OCH3 is 1. The lowest BCUT2D eigenvalue weighted by molar-refractivity contribution is 0.204. The first-order valence-electron chi connectivity index (χ1n) is 7.29. The standard InChI is InChI=1S/C17H16FN3O2S/c1-23-14-8-4-12(5-9-14)16-19-17(21-20-16)24-10-15(22)11-2-6-13(18)7-3-11/h2-9,15,22H,10H2,1H3,(H,19,20,21). The molecule has 5 nitrogen and oxygen atoms in total. The van der Waals surface area contributed by atoms with Crippen LogP contribution in [0.5, 0.6) is 5.75 Å². The molecular weight excluding hydrogens is 329 g/mol. The van der Waals surface area contributed by atoms with Crippen molar-refractivity contribution in [1.29, 1.82) is 0 Å². The fourth-order valence-electron chi connectivity index (χ4n) is 2.12. The lowest BCUT2D eigenvalue weighted by Crippen LogP contribution is -2.00. The molecule has 0 bridgehead atoms. The molecule has 2 aromatic carbocycles. The number of aromatic nitrogens is 3. The minimum absolute atomic E-state index is 0.322. The normalized spacial score (nSPS) is 12.1. The van der Waals surface area contributed by atoms with Crippen molar-refractivity contribution in [3.05, 3.63) is 59.9 Å². The second kappa shape index (κ2) is 7.46. The fourth-order valence-corrected chi connectivity index (χ4v) is 2.89. The molecule has 0 aliphatic carbocycles. The van der Waals surface area contributed by atoms with Gasteiger partial charge in [-0.15, -0.1) is 5.10 Å². The molecular formula is C17H16FN3O2S. The average molecular weight is 345 g/mol. The third-order valence-corrected chi connectivity index (χ3v) is 4.38. The summed E-state index contributed by atoms with van der Waals surface area (Å²) in [6.45, 7) is 0. The van der Waals surface area contributed by atoms with Crippen molar-refractivity contribution in [1.82, 2.24) is 15.2 Å². The molecule has 0 aliphatic rings. The quantitative estimate of drug-likeness (QED) is 0.670. The molecule has 0 amide bonds. The first kappa shape index (κ1) is 16.5. The van der Waals surface area contributed by atoms with E-state index in [0.717, 1.165) is 11.3 Å². The number of nitrogens with zero attached hydrogens (tertiary/aromatic N) is 2. The Bertz CT molecular complexity index is 790. The Balaban J connectivity index is 1.62. The highest BCUT2D eigenvalue weighted by molar-refractivity contribution is 7.99. The summed E-state index contributed by atoms with van der Waals surface area (Å²) in [5, 5.41) is 17.7. The largest absolute Gasteiger partial charge is 0.497 e. The van der Waals surface area contributed by atoms with E-state index in [-0.39, 0.29) is 5.82 Å². The number of aliphatic hydroxyl groups excluding tert-OH is 1. The summed E-state index contributed by atoms with van der Waals surface area (Å²) >= 11 is 1.33. The highest BCUT2D eigenvalue weighted by Crippen LogP contribution is 2.25. The van der Waals surface area contributed by atoms with E-state index in [1.54, 1.807) is 19.2 Å². The Morgan fingerprint density at radius 1 is 1.17 bits per heavy atom. The number of thioether (sulfide) groups is 1. The zero-order valence-corrected chi connectivity index (χ0v) is 13.8. The van der Waals surface area contributed by atoms with Crippen LogP contribution in [0.15, 0.2) is 53.7 Å². The van der Waals surface area contributed by atoms with Gasteiger partial charge in [-0.3, -0.25) is 5.10 Å². The van der Waals surface area contributed by atoms with Crippen LogP contribution in [0, 0.1) is 5.82 Å². The van der Waals surface area contributed by atoms with Crippen LogP contribution in [-0.4, -0.2) is 33.2 Å².